The van der Waals surface area contributed by atoms with Gasteiger partial charge < -0.3 is 15.0 Å². The van der Waals surface area contributed by atoms with Gasteiger partial charge in [0.25, 0.3) is 0 Å². The number of imidazole rings is 2. The van der Waals surface area contributed by atoms with Gasteiger partial charge in [-0.1, -0.05) is 13.3 Å². The van der Waals surface area contributed by atoms with Crippen LogP contribution in [0, 0.1) is 0 Å². The number of fused-ring (bicyclic) bond motifs is 1. The third kappa shape index (κ3) is 3.76. The monoisotopic (exact) mass is 362 g/mol. The Balaban J connectivity index is 1.63. The molecule has 3 aromatic heterocycles. The van der Waals surface area contributed by atoms with Gasteiger partial charge in [0.15, 0.2) is 0 Å². The van der Waals surface area contributed by atoms with Crippen molar-refractivity contribution in [2.24, 2.45) is 0 Å². The quantitative estimate of drug-likeness (QED) is 0.465. The van der Waals surface area contributed by atoms with Crippen LogP contribution in [0.2, 0.25) is 0 Å². The number of unbranched alkanes of at least 4 members (excludes halogenated alkanes) is 1. The Morgan fingerprint density at radius 1 is 1.22 bits per heavy atom. The minimum atomic E-state index is 0.619. The molecule has 7 nitrogen and oxygen atoms in total. The minimum absolute atomic E-state index is 0.619. The molecule has 0 spiro atoms. The molecule has 0 fully saturated rings. The number of hydrogen-bond acceptors (Lipinski definition) is 5. The number of anilines is 1. The molecule has 4 rings (SSSR count). The smallest absolute Gasteiger partial charge is 0.235 e. The van der Waals surface area contributed by atoms with Crippen molar-refractivity contribution in [3.63, 3.8) is 0 Å². The molecular weight excluding hydrogens is 340 g/mol. The molecule has 0 amide bonds. The summed E-state index contributed by atoms with van der Waals surface area (Å²) in [5.74, 6) is 2.43. The molecule has 0 atom stereocenters. The zero-order valence-corrected chi connectivity index (χ0v) is 15.2. The van der Waals surface area contributed by atoms with E-state index in [1.807, 2.05) is 40.9 Å². The van der Waals surface area contributed by atoms with Crippen LogP contribution in [0.25, 0.3) is 17.0 Å². The standard InChI is InChI=1S/C20H22N6O/c1-2-3-11-27-17-7-5-15(6-8-17)18-19(23-13-16-12-21-14-24-16)26-10-4-9-22-20(26)25-18/h4-10,12,14,23H,2-3,11,13H2,1H3,(H,21,24). The molecule has 0 bridgehead atoms. The van der Waals surface area contributed by atoms with E-state index in [2.05, 4.69) is 27.2 Å². The van der Waals surface area contributed by atoms with Gasteiger partial charge in [-0.2, -0.15) is 0 Å². The van der Waals surface area contributed by atoms with E-state index in [-0.39, 0.29) is 0 Å². The Bertz CT molecular complexity index is 991. The first-order valence-corrected chi connectivity index (χ1v) is 9.12. The Morgan fingerprint density at radius 2 is 2.11 bits per heavy atom. The third-order valence-electron chi connectivity index (χ3n) is 4.30. The topological polar surface area (TPSA) is 80.1 Å². The number of rotatable bonds is 8. The molecule has 0 saturated heterocycles. The fraction of sp³-hybridized carbons (Fsp3) is 0.250. The van der Waals surface area contributed by atoms with E-state index in [1.165, 1.54) is 0 Å². The molecule has 0 aliphatic heterocycles. The van der Waals surface area contributed by atoms with Crippen molar-refractivity contribution in [1.82, 2.24) is 24.3 Å². The number of nitrogens with one attached hydrogen (secondary N) is 2. The number of benzene rings is 1. The van der Waals surface area contributed by atoms with Crippen molar-refractivity contribution < 1.29 is 4.74 Å². The van der Waals surface area contributed by atoms with Crippen LogP contribution in [0.15, 0.2) is 55.2 Å². The van der Waals surface area contributed by atoms with Crippen LogP contribution in [0.1, 0.15) is 25.5 Å². The number of aromatic nitrogens is 5. The molecule has 2 N–H and O–H groups in total. The molecule has 0 radical (unpaired) electrons. The third-order valence-corrected chi connectivity index (χ3v) is 4.30. The molecular formula is C20H22N6O. The van der Waals surface area contributed by atoms with Crippen LogP contribution in [0.5, 0.6) is 5.75 Å². The first-order chi connectivity index (χ1) is 13.3. The van der Waals surface area contributed by atoms with E-state index in [1.54, 1.807) is 18.7 Å². The van der Waals surface area contributed by atoms with Gasteiger partial charge >= 0.3 is 0 Å². The number of aromatic amines is 1. The second-order valence-corrected chi connectivity index (χ2v) is 6.26. The van der Waals surface area contributed by atoms with Crippen molar-refractivity contribution in [2.45, 2.75) is 26.3 Å². The predicted molar refractivity (Wildman–Crippen MR) is 105 cm³/mol. The number of nitrogens with zero attached hydrogens (tertiary/aromatic N) is 4. The summed E-state index contributed by atoms with van der Waals surface area (Å²) in [5, 5.41) is 3.45. The summed E-state index contributed by atoms with van der Waals surface area (Å²) in [6, 6.07) is 9.93. The predicted octanol–water partition coefficient (Wildman–Crippen LogP) is 3.91. The lowest BCUT2D eigenvalue weighted by Gasteiger charge is -2.09. The highest BCUT2D eigenvalue weighted by Gasteiger charge is 2.15. The Hall–Kier alpha value is -3.35. The van der Waals surface area contributed by atoms with Gasteiger partial charge in [-0.05, 0) is 36.8 Å². The normalized spacial score (nSPS) is 11.0. The maximum atomic E-state index is 5.76. The average molecular weight is 362 g/mol. The highest BCUT2D eigenvalue weighted by molar-refractivity contribution is 5.75. The van der Waals surface area contributed by atoms with Gasteiger partial charge in [0.1, 0.15) is 17.3 Å². The van der Waals surface area contributed by atoms with Crippen molar-refractivity contribution in [3.8, 4) is 17.0 Å². The van der Waals surface area contributed by atoms with E-state index in [9.17, 15) is 0 Å². The maximum absolute atomic E-state index is 5.76. The van der Waals surface area contributed by atoms with Gasteiger partial charge in [0.05, 0.1) is 25.2 Å². The summed E-state index contributed by atoms with van der Waals surface area (Å²) < 4.78 is 7.71. The maximum Gasteiger partial charge on any atom is 0.235 e. The SMILES string of the molecule is CCCCOc1ccc(-c2nc3ncccn3c2NCc2cnc[nH]2)cc1. The number of ether oxygens (including phenoxy) is 1. The number of hydrogen-bond donors (Lipinski definition) is 2. The second kappa shape index (κ2) is 7.90. The second-order valence-electron chi connectivity index (χ2n) is 6.26. The number of H-pyrrole nitrogens is 1. The largest absolute Gasteiger partial charge is 0.494 e. The van der Waals surface area contributed by atoms with Gasteiger partial charge in [-0.15, -0.1) is 0 Å². The zero-order valence-electron chi connectivity index (χ0n) is 15.2. The lowest BCUT2D eigenvalue weighted by Crippen LogP contribution is -2.04. The van der Waals surface area contributed by atoms with Gasteiger partial charge in [0.2, 0.25) is 5.78 Å². The average Bonchev–Trinajstić information content (AvgIpc) is 3.35. The Labute approximate surface area is 157 Å². The van der Waals surface area contributed by atoms with Crippen molar-refractivity contribution in [2.75, 3.05) is 11.9 Å². The molecule has 3 heterocycles. The summed E-state index contributed by atoms with van der Waals surface area (Å²) in [6.07, 6.45) is 9.35. The Kier molecular flexibility index (Phi) is 5.00. The van der Waals surface area contributed by atoms with E-state index in [0.717, 1.165) is 48.0 Å². The first kappa shape index (κ1) is 17.1. The summed E-state index contributed by atoms with van der Waals surface area (Å²) in [6.45, 7) is 3.51. The Morgan fingerprint density at radius 3 is 2.89 bits per heavy atom. The van der Waals surface area contributed by atoms with E-state index in [4.69, 9.17) is 9.72 Å². The molecule has 0 unspecified atom stereocenters. The molecule has 0 aliphatic rings. The molecule has 1 aromatic carbocycles. The molecule has 138 valence electrons. The van der Waals surface area contributed by atoms with E-state index >= 15 is 0 Å². The summed E-state index contributed by atoms with van der Waals surface area (Å²) >= 11 is 0. The molecule has 4 aromatic rings. The van der Waals surface area contributed by atoms with Crippen LogP contribution in [-0.2, 0) is 6.54 Å². The molecule has 0 saturated carbocycles. The fourth-order valence-electron chi connectivity index (χ4n) is 2.86. The van der Waals surface area contributed by atoms with Gasteiger partial charge in [-0.3, -0.25) is 4.40 Å². The summed E-state index contributed by atoms with van der Waals surface area (Å²) in [4.78, 5) is 16.2. The zero-order chi connectivity index (χ0) is 18.5. The fourth-order valence-corrected chi connectivity index (χ4v) is 2.86. The first-order valence-electron chi connectivity index (χ1n) is 9.12. The minimum Gasteiger partial charge on any atom is -0.494 e. The molecule has 27 heavy (non-hydrogen) atoms. The highest BCUT2D eigenvalue weighted by atomic mass is 16.5. The van der Waals surface area contributed by atoms with E-state index in [0.29, 0.717) is 12.3 Å². The molecule has 7 heteroatoms. The lowest BCUT2D eigenvalue weighted by atomic mass is 10.1. The van der Waals surface area contributed by atoms with E-state index < -0.39 is 0 Å². The van der Waals surface area contributed by atoms with Crippen molar-refractivity contribution >= 4 is 11.6 Å². The summed E-state index contributed by atoms with van der Waals surface area (Å²) in [5.41, 5.74) is 2.86. The van der Waals surface area contributed by atoms with Crippen LogP contribution >= 0.6 is 0 Å². The van der Waals surface area contributed by atoms with Crippen LogP contribution in [0.3, 0.4) is 0 Å². The van der Waals surface area contributed by atoms with Crippen molar-refractivity contribution in [3.05, 3.63) is 60.9 Å². The van der Waals surface area contributed by atoms with Gasteiger partial charge in [-0.25, -0.2) is 15.0 Å². The highest BCUT2D eigenvalue weighted by Crippen LogP contribution is 2.29. The van der Waals surface area contributed by atoms with Crippen molar-refractivity contribution in [1.29, 1.82) is 0 Å². The lowest BCUT2D eigenvalue weighted by molar-refractivity contribution is 0.309. The van der Waals surface area contributed by atoms with Crippen LogP contribution < -0.4 is 10.1 Å². The summed E-state index contributed by atoms with van der Waals surface area (Å²) in [7, 11) is 0. The van der Waals surface area contributed by atoms with Gasteiger partial charge in [0, 0.05) is 24.2 Å². The molecule has 0 aliphatic carbocycles. The van der Waals surface area contributed by atoms with Crippen LogP contribution in [-0.4, -0.2) is 30.9 Å². The van der Waals surface area contributed by atoms with Crippen LogP contribution in [0.4, 0.5) is 5.82 Å².